The number of fused-ring (bicyclic) bond motifs is 1. The first-order valence-corrected chi connectivity index (χ1v) is 8.23. The van der Waals surface area contributed by atoms with Crippen molar-refractivity contribution in [1.29, 1.82) is 0 Å². The standard InChI is InChI=1S/C16H14N2O4S/c1-22-12-5-2-4-11(10-12)18-23(20,21)15-8-9-17-16-13(15)6-3-7-14(16)19/h2-10,18-19H,1H3. The average Bonchev–Trinajstić information content (AvgIpc) is 2.54. The fraction of sp³-hybridized carbons (Fsp3) is 0.0625. The summed E-state index contributed by atoms with van der Waals surface area (Å²) in [7, 11) is -2.33. The maximum Gasteiger partial charge on any atom is 0.262 e. The summed E-state index contributed by atoms with van der Waals surface area (Å²) in [5.41, 5.74) is 0.621. The molecule has 0 aliphatic heterocycles. The highest BCUT2D eigenvalue weighted by atomic mass is 32.2. The van der Waals surface area contributed by atoms with Gasteiger partial charge in [0.05, 0.1) is 17.7 Å². The molecule has 23 heavy (non-hydrogen) atoms. The Balaban J connectivity index is 2.08. The lowest BCUT2D eigenvalue weighted by Gasteiger charge is -2.11. The van der Waals surface area contributed by atoms with Crippen molar-refractivity contribution in [2.45, 2.75) is 4.90 Å². The number of methoxy groups -OCH3 is 1. The number of pyridine rings is 1. The molecular weight excluding hydrogens is 316 g/mol. The molecule has 0 spiro atoms. The van der Waals surface area contributed by atoms with Crippen molar-refractivity contribution in [2.75, 3.05) is 11.8 Å². The Morgan fingerprint density at radius 2 is 1.91 bits per heavy atom. The number of phenols is 1. The highest BCUT2D eigenvalue weighted by Crippen LogP contribution is 2.29. The van der Waals surface area contributed by atoms with Crippen LogP contribution in [0.1, 0.15) is 0 Å². The van der Waals surface area contributed by atoms with E-state index in [0.717, 1.165) is 0 Å². The molecule has 0 atom stereocenters. The number of sulfonamides is 1. The Hall–Kier alpha value is -2.80. The van der Waals surface area contributed by atoms with E-state index in [0.29, 0.717) is 16.8 Å². The molecule has 1 heterocycles. The largest absolute Gasteiger partial charge is 0.506 e. The zero-order valence-corrected chi connectivity index (χ0v) is 13.0. The number of hydrogen-bond donors (Lipinski definition) is 2. The first-order chi connectivity index (χ1) is 11.0. The lowest BCUT2D eigenvalue weighted by atomic mass is 10.2. The summed E-state index contributed by atoms with van der Waals surface area (Å²) in [6, 6.07) is 12.6. The lowest BCUT2D eigenvalue weighted by Crippen LogP contribution is -2.13. The summed E-state index contributed by atoms with van der Waals surface area (Å²) >= 11 is 0. The quantitative estimate of drug-likeness (QED) is 0.768. The van der Waals surface area contributed by atoms with Crippen LogP contribution in [0.3, 0.4) is 0 Å². The average molecular weight is 330 g/mol. The summed E-state index contributed by atoms with van der Waals surface area (Å²) in [4.78, 5) is 4.07. The van der Waals surface area contributed by atoms with E-state index in [1.54, 1.807) is 36.4 Å². The van der Waals surface area contributed by atoms with Crippen LogP contribution in [-0.4, -0.2) is 25.6 Å². The molecule has 6 nitrogen and oxygen atoms in total. The van der Waals surface area contributed by atoms with Crippen LogP contribution >= 0.6 is 0 Å². The molecule has 2 N–H and O–H groups in total. The fourth-order valence-electron chi connectivity index (χ4n) is 2.27. The van der Waals surface area contributed by atoms with Gasteiger partial charge in [-0.15, -0.1) is 0 Å². The van der Waals surface area contributed by atoms with Crippen molar-refractivity contribution >= 4 is 26.6 Å². The first-order valence-electron chi connectivity index (χ1n) is 6.75. The number of rotatable bonds is 4. The van der Waals surface area contributed by atoms with Crippen LogP contribution in [0, 0.1) is 0 Å². The number of nitrogens with zero attached hydrogens (tertiary/aromatic N) is 1. The van der Waals surface area contributed by atoms with Gasteiger partial charge in [0.2, 0.25) is 0 Å². The van der Waals surface area contributed by atoms with E-state index in [2.05, 4.69) is 9.71 Å². The number of phenolic OH excluding ortho intramolecular Hbond substituents is 1. The Kier molecular flexibility index (Phi) is 3.79. The van der Waals surface area contributed by atoms with Crippen molar-refractivity contribution < 1.29 is 18.3 Å². The van der Waals surface area contributed by atoms with Crippen molar-refractivity contribution in [1.82, 2.24) is 4.98 Å². The van der Waals surface area contributed by atoms with Crippen LogP contribution < -0.4 is 9.46 Å². The summed E-state index contributed by atoms with van der Waals surface area (Å²) in [5.74, 6) is 0.475. The minimum Gasteiger partial charge on any atom is -0.506 e. The van der Waals surface area contributed by atoms with E-state index in [4.69, 9.17) is 4.74 Å². The van der Waals surface area contributed by atoms with Gasteiger partial charge in [0.25, 0.3) is 10.0 Å². The molecule has 0 radical (unpaired) electrons. The third kappa shape index (κ3) is 2.91. The monoisotopic (exact) mass is 330 g/mol. The third-order valence-electron chi connectivity index (χ3n) is 3.32. The zero-order chi connectivity index (χ0) is 16.4. The summed E-state index contributed by atoms with van der Waals surface area (Å²) in [5, 5.41) is 10.2. The Morgan fingerprint density at radius 3 is 2.70 bits per heavy atom. The topological polar surface area (TPSA) is 88.5 Å². The molecule has 0 saturated carbocycles. The van der Waals surface area contributed by atoms with Gasteiger partial charge in [0, 0.05) is 17.6 Å². The Morgan fingerprint density at radius 1 is 1.13 bits per heavy atom. The molecule has 7 heteroatoms. The Bertz CT molecular complexity index is 971. The number of para-hydroxylation sites is 1. The Labute approximate surface area is 133 Å². The third-order valence-corrected chi connectivity index (χ3v) is 4.76. The fourth-order valence-corrected chi connectivity index (χ4v) is 3.51. The second kappa shape index (κ2) is 5.77. The molecule has 0 unspecified atom stereocenters. The highest BCUT2D eigenvalue weighted by molar-refractivity contribution is 7.93. The van der Waals surface area contributed by atoms with Gasteiger partial charge in [0.1, 0.15) is 17.0 Å². The van der Waals surface area contributed by atoms with Crippen molar-refractivity contribution in [3.05, 3.63) is 54.7 Å². The van der Waals surface area contributed by atoms with Gasteiger partial charge in [-0.05, 0) is 24.3 Å². The minimum atomic E-state index is -3.84. The van der Waals surface area contributed by atoms with Crippen LogP contribution in [0.25, 0.3) is 10.9 Å². The van der Waals surface area contributed by atoms with Gasteiger partial charge < -0.3 is 9.84 Å². The van der Waals surface area contributed by atoms with Crippen LogP contribution in [0.4, 0.5) is 5.69 Å². The van der Waals surface area contributed by atoms with Crippen molar-refractivity contribution in [2.24, 2.45) is 0 Å². The summed E-state index contributed by atoms with van der Waals surface area (Å²) in [6.45, 7) is 0. The second-order valence-corrected chi connectivity index (χ2v) is 6.47. The smallest absolute Gasteiger partial charge is 0.262 e. The molecule has 118 valence electrons. The number of nitrogens with one attached hydrogen (secondary N) is 1. The minimum absolute atomic E-state index is 0.0428. The van der Waals surface area contributed by atoms with Gasteiger partial charge in [-0.25, -0.2) is 8.42 Å². The predicted octanol–water partition coefficient (Wildman–Crippen LogP) is 2.75. The number of hydrogen-bond acceptors (Lipinski definition) is 5. The van der Waals surface area contributed by atoms with Crippen LogP contribution in [0.2, 0.25) is 0 Å². The van der Waals surface area contributed by atoms with Gasteiger partial charge in [0.15, 0.2) is 0 Å². The number of anilines is 1. The van der Waals surface area contributed by atoms with Crippen LogP contribution in [0.15, 0.2) is 59.6 Å². The molecule has 0 bridgehead atoms. The molecule has 0 aliphatic carbocycles. The molecular formula is C16H14N2O4S. The molecule has 0 fully saturated rings. The van der Waals surface area contributed by atoms with Gasteiger partial charge >= 0.3 is 0 Å². The zero-order valence-electron chi connectivity index (χ0n) is 12.2. The molecule has 0 aliphatic rings. The normalized spacial score (nSPS) is 11.3. The molecule has 3 aromatic rings. The van der Waals surface area contributed by atoms with E-state index in [9.17, 15) is 13.5 Å². The van der Waals surface area contributed by atoms with Crippen molar-refractivity contribution in [3.63, 3.8) is 0 Å². The number of ether oxygens (including phenoxy) is 1. The van der Waals surface area contributed by atoms with Gasteiger partial charge in [-0.3, -0.25) is 9.71 Å². The SMILES string of the molecule is COc1cccc(NS(=O)(=O)c2ccnc3c(O)cccc23)c1. The van der Waals surface area contributed by atoms with E-state index in [1.165, 1.54) is 25.4 Å². The molecule has 0 saturated heterocycles. The lowest BCUT2D eigenvalue weighted by molar-refractivity contribution is 0.415. The number of aromatic nitrogens is 1. The second-order valence-electron chi connectivity index (χ2n) is 4.82. The maximum atomic E-state index is 12.7. The predicted molar refractivity (Wildman–Crippen MR) is 87.2 cm³/mol. The number of aromatic hydroxyl groups is 1. The van der Waals surface area contributed by atoms with Crippen LogP contribution in [-0.2, 0) is 10.0 Å². The van der Waals surface area contributed by atoms with E-state index in [-0.39, 0.29) is 16.2 Å². The van der Waals surface area contributed by atoms with Crippen molar-refractivity contribution in [3.8, 4) is 11.5 Å². The molecule has 3 rings (SSSR count). The highest BCUT2D eigenvalue weighted by Gasteiger charge is 2.19. The van der Waals surface area contributed by atoms with E-state index < -0.39 is 10.0 Å². The number of benzene rings is 2. The van der Waals surface area contributed by atoms with E-state index >= 15 is 0 Å². The maximum absolute atomic E-state index is 12.7. The molecule has 0 amide bonds. The summed E-state index contributed by atoms with van der Waals surface area (Å²) < 4.78 is 32.9. The van der Waals surface area contributed by atoms with E-state index in [1.807, 2.05) is 0 Å². The molecule has 1 aromatic heterocycles. The first kappa shape index (κ1) is 15.1. The van der Waals surface area contributed by atoms with Gasteiger partial charge in [-0.2, -0.15) is 0 Å². The molecule has 2 aromatic carbocycles. The summed E-state index contributed by atoms with van der Waals surface area (Å²) in [6.07, 6.45) is 1.35. The van der Waals surface area contributed by atoms with Gasteiger partial charge in [-0.1, -0.05) is 18.2 Å². The van der Waals surface area contributed by atoms with Crippen LogP contribution in [0.5, 0.6) is 11.5 Å².